The van der Waals surface area contributed by atoms with Crippen LogP contribution in [0.15, 0.2) is 10.9 Å². The van der Waals surface area contributed by atoms with Gasteiger partial charge in [0, 0.05) is 24.8 Å². The van der Waals surface area contributed by atoms with Crippen molar-refractivity contribution in [2.24, 2.45) is 0 Å². The Bertz CT molecular complexity index is 250. The van der Waals surface area contributed by atoms with Crippen LogP contribution in [0.2, 0.25) is 0 Å². The topological polar surface area (TPSA) is 31.4 Å². The first kappa shape index (κ1) is 9.12. The van der Waals surface area contributed by atoms with Gasteiger partial charge in [-0.3, -0.25) is 0 Å². The molecule has 3 nitrogen and oxygen atoms in total. The first-order valence-electron chi connectivity index (χ1n) is 4.42. The molecule has 0 bridgehead atoms. The van der Waals surface area contributed by atoms with Crippen LogP contribution in [-0.2, 0) is 9.47 Å². The summed E-state index contributed by atoms with van der Waals surface area (Å²) in [6, 6.07) is 0. The van der Waals surface area contributed by atoms with E-state index in [0.29, 0.717) is 5.92 Å². The smallest absolute Gasteiger partial charge is 0.157 e. The van der Waals surface area contributed by atoms with Crippen molar-refractivity contribution in [3.63, 3.8) is 0 Å². The summed E-state index contributed by atoms with van der Waals surface area (Å²) in [7, 11) is 1.69. The molecule has 0 amide bonds. The minimum absolute atomic E-state index is 0.0413. The van der Waals surface area contributed by atoms with Gasteiger partial charge in [-0.1, -0.05) is 0 Å². The van der Waals surface area contributed by atoms with Gasteiger partial charge < -0.3 is 9.47 Å². The Morgan fingerprint density at radius 2 is 2.62 bits per heavy atom. The van der Waals surface area contributed by atoms with E-state index in [4.69, 9.17) is 9.47 Å². The number of thiazole rings is 1. The first-order valence-corrected chi connectivity index (χ1v) is 5.37. The lowest BCUT2D eigenvalue weighted by Gasteiger charge is -2.27. The number of rotatable bonds is 2. The third-order valence-corrected chi connectivity index (χ3v) is 2.98. The molecule has 0 spiro atoms. The molecule has 2 unspecified atom stereocenters. The largest absolute Gasteiger partial charge is 0.356 e. The summed E-state index contributed by atoms with van der Waals surface area (Å²) in [5.41, 5.74) is 3.07. The molecule has 1 aromatic rings. The molecule has 1 fully saturated rings. The van der Waals surface area contributed by atoms with Crippen LogP contribution in [-0.4, -0.2) is 25.0 Å². The summed E-state index contributed by atoms with van der Waals surface area (Å²) < 4.78 is 10.6. The molecule has 0 aliphatic carbocycles. The molecular weight excluding hydrogens is 186 g/mol. The fourth-order valence-corrected chi connectivity index (χ4v) is 2.25. The van der Waals surface area contributed by atoms with Gasteiger partial charge >= 0.3 is 0 Å². The molecule has 72 valence electrons. The van der Waals surface area contributed by atoms with Crippen molar-refractivity contribution < 1.29 is 9.47 Å². The van der Waals surface area contributed by atoms with Crippen molar-refractivity contribution >= 4 is 11.3 Å². The summed E-state index contributed by atoms with van der Waals surface area (Å²) in [5.74, 6) is 0.518. The van der Waals surface area contributed by atoms with Crippen LogP contribution in [0.3, 0.4) is 0 Å². The molecule has 1 aromatic heterocycles. The Hall–Kier alpha value is -0.450. The van der Waals surface area contributed by atoms with Crippen LogP contribution < -0.4 is 0 Å². The Labute approximate surface area is 81.7 Å². The Morgan fingerprint density at radius 1 is 1.69 bits per heavy atom. The van der Waals surface area contributed by atoms with Gasteiger partial charge in [-0.15, -0.1) is 11.3 Å². The van der Waals surface area contributed by atoms with Crippen molar-refractivity contribution in [1.29, 1.82) is 0 Å². The summed E-state index contributed by atoms with van der Waals surface area (Å²) in [5, 5.41) is 2.11. The van der Waals surface area contributed by atoms with Gasteiger partial charge in [-0.2, -0.15) is 0 Å². The SMILES string of the molecule is COC1CC(c2cscn2)CCO1. The van der Waals surface area contributed by atoms with Gasteiger partial charge in [0.2, 0.25) is 0 Å². The third-order valence-electron chi connectivity index (χ3n) is 2.38. The maximum absolute atomic E-state index is 5.41. The van der Waals surface area contributed by atoms with E-state index in [1.54, 1.807) is 18.4 Å². The molecule has 0 radical (unpaired) electrons. The lowest BCUT2D eigenvalue weighted by molar-refractivity contribution is -0.150. The lowest BCUT2D eigenvalue weighted by atomic mass is 9.96. The van der Waals surface area contributed by atoms with E-state index in [9.17, 15) is 0 Å². The fourth-order valence-electron chi connectivity index (χ4n) is 1.62. The highest BCUT2D eigenvalue weighted by Gasteiger charge is 2.24. The first-order chi connectivity index (χ1) is 6.40. The molecule has 13 heavy (non-hydrogen) atoms. The quantitative estimate of drug-likeness (QED) is 0.730. The summed E-state index contributed by atoms with van der Waals surface area (Å²) in [6.45, 7) is 0.778. The highest BCUT2D eigenvalue weighted by atomic mass is 32.1. The number of aromatic nitrogens is 1. The minimum atomic E-state index is -0.0413. The summed E-state index contributed by atoms with van der Waals surface area (Å²) >= 11 is 1.65. The zero-order chi connectivity index (χ0) is 9.10. The van der Waals surface area contributed by atoms with Crippen molar-refractivity contribution in [3.8, 4) is 0 Å². The third kappa shape index (κ3) is 2.07. The molecule has 1 aliphatic heterocycles. The second-order valence-corrected chi connectivity index (χ2v) is 3.89. The van der Waals surface area contributed by atoms with E-state index in [0.717, 1.165) is 19.4 Å². The number of hydrogen-bond acceptors (Lipinski definition) is 4. The van der Waals surface area contributed by atoms with Gasteiger partial charge in [0.1, 0.15) is 0 Å². The predicted molar refractivity (Wildman–Crippen MR) is 50.8 cm³/mol. The number of methoxy groups -OCH3 is 1. The van der Waals surface area contributed by atoms with Crippen molar-refractivity contribution in [1.82, 2.24) is 4.98 Å². The lowest BCUT2D eigenvalue weighted by Crippen LogP contribution is -2.26. The van der Waals surface area contributed by atoms with Crippen LogP contribution in [0.25, 0.3) is 0 Å². The van der Waals surface area contributed by atoms with E-state index >= 15 is 0 Å². The summed E-state index contributed by atoms with van der Waals surface area (Å²) in [6.07, 6.45) is 1.95. The van der Waals surface area contributed by atoms with E-state index in [1.807, 2.05) is 5.51 Å². The molecular formula is C9H13NO2S. The molecule has 0 saturated carbocycles. The average molecular weight is 199 g/mol. The van der Waals surface area contributed by atoms with E-state index in [-0.39, 0.29) is 6.29 Å². The van der Waals surface area contributed by atoms with Crippen molar-refractivity contribution in [2.45, 2.75) is 25.0 Å². The zero-order valence-electron chi connectivity index (χ0n) is 7.60. The zero-order valence-corrected chi connectivity index (χ0v) is 8.42. The Morgan fingerprint density at radius 3 is 3.31 bits per heavy atom. The molecule has 2 rings (SSSR count). The van der Waals surface area contributed by atoms with Gasteiger partial charge in [-0.25, -0.2) is 4.98 Å². The van der Waals surface area contributed by atoms with E-state index < -0.39 is 0 Å². The van der Waals surface area contributed by atoms with Crippen molar-refractivity contribution in [2.75, 3.05) is 13.7 Å². The second kappa shape index (κ2) is 4.17. The van der Waals surface area contributed by atoms with Crippen LogP contribution in [0.5, 0.6) is 0 Å². The van der Waals surface area contributed by atoms with E-state index in [1.165, 1.54) is 5.69 Å². The minimum Gasteiger partial charge on any atom is -0.356 e. The normalized spacial score (nSPS) is 29.0. The summed E-state index contributed by atoms with van der Waals surface area (Å²) in [4.78, 5) is 4.32. The average Bonchev–Trinajstić information content (AvgIpc) is 2.71. The van der Waals surface area contributed by atoms with Gasteiger partial charge in [-0.05, 0) is 6.42 Å². The molecule has 1 aliphatic rings. The molecule has 2 heterocycles. The van der Waals surface area contributed by atoms with Crippen LogP contribution >= 0.6 is 11.3 Å². The van der Waals surface area contributed by atoms with Gasteiger partial charge in [0.25, 0.3) is 0 Å². The molecule has 4 heteroatoms. The van der Waals surface area contributed by atoms with Crippen molar-refractivity contribution in [3.05, 3.63) is 16.6 Å². The molecule has 0 aromatic carbocycles. The van der Waals surface area contributed by atoms with Crippen LogP contribution in [0.4, 0.5) is 0 Å². The van der Waals surface area contributed by atoms with Crippen LogP contribution in [0.1, 0.15) is 24.5 Å². The Kier molecular flexibility index (Phi) is 2.93. The molecule has 0 N–H and O–H groups in total. The van der Waals surface area contributed by atoms with E-state index in [2.05, 4.69) is 10.4 Å². The fraction of sp³-hybridized carbons (Fsp3) is 0.667. The maximum Gasteiger partial charge on any atom is 0.157 e. The highest BCUT2D eigenvalue weighted by molar-refractivity contribution is 7.07. The standard InChI is InChI=1S/C9H13NO2S/c1-11-9-4-7(2-3-12-9)8-5-13-6-10-8/h5-7,9H,2-4H2,1H3. The molecule has 2 atom stereocenters. The number of ether oxygens (including phenoxy) is 2. The predicted octanol–water partition coefficient (Wildman–Crippen LogP) is 2.01. The van der Waals surface area contributed by atoms with Gasteiger partial charge in [0.15, 0.2) is 6.29 Å². The second-order valence-electron chi connectivity index (χ2n) is 3.17. The maximum atomic E-state index is 5.41. The van der Waals surface area contributed by atoms with Gasteiger partial charge in [0.05, 0.1) is 17.8 Å². The monoisotopic (exact) mass is 199 g/mol. The highest BCUT2D eigenvalue weighted by Crippen LogP contribution is 2.29. The Balaban J connectivity index is 2.00. The number of hydrogen-bond donors (Lipinski definition) is 0. The molecule has 1 saturated heterocycles. The van der Waals surface area contributed by atoms with Crippen LogP contribution in [0, 0.1) is 0 Å². The number of nitrogens with zero attached hydrogens (tertiary/aromatic N) is 1.